The fraction of sp³-hybridized carbons (Fsp3) is 0.435. The fourth-order valence-corrected chi connectivity index (χ4v) is 5.46. The molecule has 3 rings (SSSR count). The summed E-state index contributed by atoms with van der Waals surface area (Å²) < 4.78 is 38.6. The number of rotatable bonds is 9. The average Bonchev–Trinajstić information content (AvgIpc) is 2.78. The summed E-state index contributed by atoms with van der Waals surface area (Å²) in [5, 5.41) is 2.83. The topological polar surface area (TPSA) is 84.9 Å². The first-order valence-corrected chi connectivity index (χ1v) is 12.0. The molecule has 1 unspecified atom stereocenters. The van der Waals surface area contributed by atoms with Crippen LogP contribution >= 0.6 is 0 Å². The number of hydrogen-bond donors (Lipinski definition) is 1. The Labute approximate surface area is 184 Å². The number of aryl methyl sites for hydroxylation is 1. The maximum absolute atomic E-state index is 13.1. The number of piperidine rings is 1. The molecule has 1 fully saturated rings. The van der Waals surface area contributed by atoms with Crippen molar-refractivity contribution in [2.75, 3.05) is 26.8 Å². The largest absolute Gasteiger partial charge is 0.493 e. The quantitative estimate of drug-likeness (QED) is 0.640. The zero-order valence-electron chi connectivity index (χ0n) is 18.0. The fourth-order valence-electron chi connectivity index (χ4n) is 3.74. The van der Waals surface area contributed by atoms with Crippen molar-refractivity contribution in [2.45, 2.75) is 43.5 Å². The van der Waals surface area contributed by atoms with E-state index in [2.05, 4.69) is 5.32 Å². The molecule has 0 spiro atoms. The minimum absolute atomic E-state index is 0.129. The Morgan fingerprint density at radius 2 is 1.81 bits per heavy atom. The number of sulfonamides is 1. The molecule has 7 nitrogen and oxygen atoms in total. The van der Waals surface area contributed by atoms with E-state index in [4.69, 9.17) is 9.47 Å². The van der Waals surface area contributed by atoms with E-state index in [-0.39, 0.29) is 18.6 Å². The standard InChI is InChI=1S/C23H30N2O5S/c1-18-10-12-20(13-11-18)31(27,28)25-16-6-5-7-19(25)14-15-24-23(26)17-30-22-9-4-3-8-21(22)29-2/h3-4,8-13,19H,5-7,14-17H2,1-2H3,(H,24,26). The molecule has 2 aromatic rings. The summed E-state index contributed by atoms with van der Waals surface area (Å²) in [6.45, 7) is 2.70. The second-order valence-corrected chi connectivity index (χ2v) is 9.55. The van der Waals surface area contributed by atoms with Crippen molar-refractivity contribution in [3.8, 4) is 11.5 Å². The number of carbonyl (C=O) groups is 1. The molecule has 1 amide bonds. The van der Waals surface area contributed by atoms with Gasteiger partial charge in [-0.25, -0.2) is 8.42 Å². The van der Waals surface area contributed by atoms with Crippen molar-refractivity contribution in [2.24, 2.45) is 0 Å². The zero-order valence-corrected chi connectivity index (χ0v) is 18.9. The van der Waals surface area contributed by atoms with Crippen molar-refractivity contribution < 1.29 is 22.7 Å². The minimum Gasteiger partial charge on any atom is -0.493 e. The highest BCUT2D eigenvalue weighted by Crippen LogP contribution is 2.27. The van der Waals surface area contributed by atoms with Gasteiger partial charge in [-0.15, -0.1) is 0 Å². The summed E-state index contributed by atoms with van der Waals surface area (Å²) >= 11 is 0. The second-order valence-electron chi connectivity index (χ2n) is 7.66. The number of carbonyl (C=O) groups excluding carboxylic acids is 1. The van der Waals surface area contributed by atoms with Crippen LogP contribution in [-0.4, -0.2) is 51.5 Å². The van der Waals surface area contributed by atoms with Gasteiger partial charge in [0.2, 0.25) is 10.0 Å². The Bertz CT molecular complexity index is 976. The maximum atomic E-state index is 13.1. The van der Waals surface area contributed by atoms with Crippen LogP contribution in [0.5, 0.6) is 11.5 Å². The molecule has 0 saturated carbocycles. The van der Waals surface area contributed by atoms with Gasteiger partial charge in [-0.3, -0.25) is 4.79 Å². The first-order chi connectivity index (χ1) is 14.9. The Morgan fingerprint density at radius 3 is 2.52 bits per heavy atom. The molecule has 1 saturated heterocycles. The summed E-state index contributed by atoms with van der Waals surface area (Å²) in [5.41, 5.74) is 1.02. The van der Waals surface area contributed by atoms with E-state index < -0.39 is 10.0 Å². The third-order valence-corrected chi connectivity index (χ3v) is 7.39. The van der Waals surface area contributed by atoms with E-state index in [1.165, 1.54) is 0 Å². The van der Waals surface area contributed by atoms with E-state index in [1.807, 2.05) is 31.2 Å². The highest BCUT2D eigenvalue weighted by Gasteiger charge is 2.33. The zero-order chi connectivity index (χ0) is 22.3. The molecule has 31 heavy (non-hydrogen) atoms. The Morgan fingerprint density at radius 1 is 1.10 bits per heavy atom. The van der Waals surface area contributed by atoms with Gasteiger partial charge in [-0.1, -0.05) is 36.2 Å². The first-order valence-electron chi connectivity index (χ1n) is 10.5. The van der Waals surface area contributed by atoms with Crippen molar-refractivity contribution in [1.82, 2.24) is 9.62 Å². The van der Waals surface area contributed by atoms with Gasteiger partial charge in [-0.2, -0.15) is 4.31 Å². The molecule has 2 aromatic carbocycles. The van der Waals surface area contributed by atoms with Crippen LogP contribution < -0.4 is 14.8 Å². The van der Waals surface area contributed by atoms with Crippen LogP contribution in [0.25, 0.3) is 0 Å². The third kappa shape index (κ3) is 5.98. The van der Waals surface area contributed by atoms with E-state index in [1.54, 1.807) is 35.7 Å². The van der Waals surface area contributed by atoms with Gasteiger partial charge in [0.1, 0.15) is 0 Å². The molecule has 8 heteroatoms. The third-order valence-electron chi connectivity index (χ3n) is 5.43. The molecule has 1 aliphatic rings. The summed E-state index contributed by atoms with van der Waals surface area (Å²) in [7, 11) is -2.01. The van der Waals surface area contributed by atoms with Crippen molar-refractivity contribution in [1.29, 1.82) is 0 Å². The molecule has 168 valence electrons. The van der Waals surface area contributed by atoms with Crippen molar-refractivity contribution in [3.05, 3.63) is 54.1 Å². The molecule has 1 aliphatic heterocycles. The lowest BCUT2D eigenvalue weighted by atomic mass is 10.0. The number of benzene rings is 2. The smallest absolute Gasteiger partial charge is 0.257 e. The Balaban J connectivity index is 1.53. The van der Waals surface area contributed by atoms with Crippen LogP contribution in [0, 0.1) is 6.92 Å². The molecular weight excluding hydrogens is 416 g/mol. The number of para-hydroxylation sites is 2. The number of nitrogens with one attached hydrogen (secondary N) is 1. The van der Waals surface area contributed by atoms with Gasteiger partial charge in [-0.05, 0) is 50.5 Å². The molecular formula is C23H30N2O5S. The molecule has 0 aromatic heterocycles. The lowest BCUT2D eigenvalue weighted by molar-refractivity contribution is -0.123. The van der Waals surface area contributed by atoms with Gasteiger partial charge in [0.15, 0.2) is 18.1 Å². The normalized spacial score (nSPS) is 17.2. The van der Waals surface area contributed by atoms with Crippen molar-refractivity contribution >= 4 is 15.9 Å². The van der Waals surface area contributed by atoms with Crippen LogP contribution in [0.3, 0.4) is 0 Å². The first kappa shape index (κ1) is 23.1. The van der Waals surface area contributed by atoms with Crippen LogP contribution in [-0.2, 0) is 14.8 Å². The van der Waals surface area contributed by atoms with Gasteiger partial charge in [0, 0.05) is 19.1 Å². The van der Waals surface area contributed by atoms with Crippen LogP contribution in [0.2, 0.25) is 0 Å². The number of hydrogen-bond acceptors (Lipinski definition) is 5. The average molecular weight is 447 g/mol. The lowest BCUT2D eigenvalue weighted by Crippen LogP contribution is -2.45. The number of ether oxygens (including phenoxy) is 2. The molecule has 0 radical (unpaired) electrons. The molecule has 1 N–H and O–H groups in total. The van der Waals surface area contributed by atoms with Crippen LogP contribution in [0.4, 0.5) is 0 Å². The van der Waals surface area contributed by atoms with E-state index in [0.29, 0.717) is 35.9 Å². The summed E-state index contributed by atoms with van der Waals surface area (Å²) in [5.74, 6) is 0.812. The van der Waals surface area contributed by atoms with Crippen molar-refractivity contribution in [3.63, 3.8) is 0 Å². The highest BCUT2D eigenvalue weighted by molar-refractivity contribution is 7.89. The van der Waals surface area contributed by atoms with E-state index in [0.717, 1.165) is 24.8 Å². The van der Waals surface area contributed by atoms with Gasteiger partial charge in [0.05, 0.1) is 12.0 Å². The maximum Gasteiger partial charge on any atom is 0.257 e. The predicted octanol–water partition coefficient (Wildman–Crippen LogP) is 3.13. The summed E-state index contributed by atoms with van der Waals surface area (Å²) in [6.07, 6.45) is 3.18. The summed E-state index contributed by atoms with van der Waals surface area (Å²) in [6, 6.07) is 14.0. The number of methoxy groups -OCH3 is 1. The lowest BCUT2D eigenvalue weighted by Gasteiger charge is -2.34. The Kier molecular flexibility index (Phi) is 7.92. The van der Waals surface area contributed by atoms with Gasteiger partial charge in [0.25, 0.3) is 5.91 Å². The number of amides is 1. The van der Waals surface area contributed by atoms with Crippen LogP contribution in [0.1, 0.15) is 31.2 Å². The minimum atomic E-state index is -3.55. The van der Waals surface area contributed by atoms with Gasteiger partial charge < -0.3 is 14.8 Å². The Hall–Kier alpha value is -2.58. The SMILES string of the molecule is COc1ccccc1OCC(=O)NCCC1CCCCN1S(=O)(=O)c1ccc(C)cc1. The molecule has 1 heterocycles. The van der Waals surface area contributed by atoms with Gasteiger partial charge >= 0.3 is 0 Å². The second kappa shape index (κ2) is 10.6. The number of nitrogens with zero attached hydrogens (tertiary/aromatic N) is 1. The summed E-state index contributed by atoms with van der Waals surface area (Å²) in [4.78, 5) is 12.5. The highest BCUT2D eigenvalue weighted by atomic mass is 32.2. The van der Waals surface area contributed by atoms with E-state index in [9.17, 15) is 13.2 Å². The predicted molar refractivity (Wildman–Crippen MR) is 119 cm³/mol. The molecule has 0 bridgehead atoms. The monoisotopic (exact) mass is 446 g/mol. The van der Waals surface area contributed by atoms with Crippen LogP contribution in [0.15, 0.2) is 53.4 Å². The molecule has 1 atom stereocenters. The molecule has 0 aliphatic carbocycles. The van der Waals surface area contributed by atoms with E-state index >= 15 is 0 Å².